The van der Waals surface area contributed by atoms with Crippen molar-refractivity contribution < 1.29 is 20.1 Å². The van der Waals surface area contributed by atoms with E-state index in [2.05, 4.69) is 0 Å². The predicted octanol–water partition coefficient (Wildman–Crippen LogP) is 1.00. The van der Waals surface area contributed by atoms with Crippen LogP contribution < -0.4 is 5.73 Å². The number of carbonyl (C=O) groups is 1. The minimum atomic E-state index is -1.05. The molecule has 0 aliphatic carbocycles. The van der Waals surface area contributed by atoms with E-state index in [0.29, 0.717) is 0 Å². The zero-order valence-corrected chi connectivity index (χ0v) is 8.92. The number of phenols is 2. The molecule has 0 amide bonds. The van der Waals surface area contributed by atoms with Gasteiger partial charge in [-0.2, -0.15) is 0 Å². The number of aliphatic carboxylic acids is 1. The molecule has 0 heterocycles. The average Bonchev–Trinajstić information content (AvgIpc) is 2.21. The molecule has 5 heteroatoms. The minimum Gasteiger partial charge on any atom is -0.504 e. The molecule has 1 rings (SSSR count). The molecule has 0 saturated heterocycles. The van der Waals surface area contributed by atoms with Crippen LogP contribution in [0.4, 0.5) is 0 Å². The van der Waals surface area contributed by atoms with Gasteiger partial charge >= 0.3 is 5.97 Å². The Morgan fingerprint density at radius 3 is 2.50 bits per heavy atom. The highest BCUT2D eigenvalue weighted by Gasteiger charge is 2.17. The summed E-state index contributed by atoms with van der Waals surface area (Å²) in [5, 5.41) is 27.1. The van der Waals surface area contributed by atoms with Crippen LogP contribution >= 0.6 is 0 Å². The zero-order valence-electron chi connectivity index (χ0n) is 8.92. The van der Waals surface area contributed by atoms with Crippen molar-refractivity contribution in [1.82, 2.24) is 0 Å². The fraction of sp³-hybridized carbons (Fsp3) is 0.364. The van der Waals surface area contributed by atoms with Crippen molar-refractivity contribution in [3.05, 3.63) is 23.8 Å². The maximum atomic E-state index is 10.6. The first-order valence-electron chi connectivity index (χ1n) is 4.92. The summed E-state index contributed by atoms with van der Waals surface area (Å²) in [4.78, 5) is 10.6. The van der Waals surface area contributed by atoms with Gasteiger partial charge in [-0.1, -0.05) is 13.0 Å². The predicted molar refractivity (Wildman–Crippen MR) is 58.4 cm³/mol. The highest BCUT2D eigenvalue weighted by Crippen LogP contribution is 2.30. The summed E-state index contributed by atoms with van der Waals surface area (Å²) < 4.78 is 0. The quantitative estimate of drug-likeness (QED) is 0.572. The Bertz CT molecular complexity index is 392. The third-order valence-corrected chi connectivity index (χ3v) is 2.49. The van der Waals surface area contributed by atoms with E-state index in [1.807, 2.05) is 6.92 Å². The molecule has 0 aliphatic rings. The molecule has 0 aromatic heterocycles. The first kappa shape index (κ1) is 12.3. The minimum absolute atomic E-state index is 0.0994. The maximum Gasteiger partial charge on any atom is 0.320 e. The van der Waals surface area contributed by atoms with Gasteiger partial charge in [0.15, 0.2) is 11.5 Å². The Morgan fingerprint density at radius 2 is 2.00 bits per heavy atom. The number of benzene rings is 1. The highest BCUT2D eigenvalue weighted by molar-refractivity contribution is 5.73. The van der Waals surface area contributed by atoms with E-state index in [4.69, 9.17) is 15.9 Å². The fourth-order valence-electron chi connectivity index (χ4n) is 1.46. The standard InChI is InChI=1S/C11H15NO4/c1-6(4-8(12)11(15)16)7-2-3-9(13)10(14)5-7/h2-3,5-6,8,13-14H,4,12H2,1H3,(H,15,16)/t6?,8-/m0/s1. The average molecular weight is 225 g/mol. The maximum absolute atomic E-state index is 10.6. The lowest BCUT2D eigenvalue weighted by Crippen LogP contribution is -2.31. The van der Waals surface area contributed by atoms with Crippen molar-refractivity contribution in [1.29, 1.82) is 0 Å². The van der Waals surface area contributed by atoms with Gasteiger partial charge in [-0.25, -0.2) is 0 Å². The summed E-state index contributed by atoms with van der Waals surface area (Å²) in [5.74, 6) is -1.56. The Hall–Kier alpha value is -1.75. The van der Waals surface area contributed by atoms with E-state index < -0.39 is 12.0 Å². The van der Waals surface area contributed by atoms with Gasteiger partial charge in [0.2, 0.25) is 0 Å². The van der Waals surface area contributed by atoms with Crippen LogP contribution in [0.1, 0.15) is 24.8 Å². The van der Waals surface area contributed by atoms with Crippen LogP contribution in [0.2, 0.25) is 0 Å². The molecule has 0 radical (unpaired) electrons. The first-order valence-corrected chi connectivity index (χ1v) is 4.92. The Balaban J connectivity index is 2.76. The normalized spacial score (nSPS) is 14.4. The number of hydrogen-bond donors (Lipinski definition) is 4. The Kier molecular flexibility index (Phi) is 3.73. The summed E-state index contributed by atoms with van der Waals surface area (Å²) in [6.07, 6.45) is 0.277. The molecule has 0 bridgehead atoms. The number of phenolic OH excluding ortho intramolecular Hbond substituents is 2. The van der Waals surface area contributed by atoms with Crippen molar-refractivity contribution in [2.75, 3.05) is 0 Å². The molecule has 1 aromatic carbocycles. The molecule has 88 valence electrons. The molecule has 5 nitrogen and oxygen atoms in total. The molecule has 0 saturated carbocycles. The molecule has 5 N–H and O–H groups in total. The Morgan fingerprint density at radius 1 is 1.38 bits per heavy atom. The van der Waals surface area contributed by atoms with E-state index in [1.54, 1.807) is 6.07 Å². The van der Waals surface area contributed by atoms with Crippen molar-refractivity contribution in [3.8, 4) is 11.5 Å². The lowest BCUT2D eigenvalue weighted by molar-refractivity contribution is -0.138. The van der Waals surface area contributed by atoms with Crippen LogP contribution in [-0.4, -0.2) is 27.3 Å². The monoisotopic (exact) mass is 225 g/mol. The molecule has 1 unspecified atom stereocenters. The fourth-order valence-corrected chi connectivity index (χ4v) is 1.46. The summed E-state index contributed by atoms with van der Waals surface area (Å²) in [7, 11) is 0. The lowest BCUT2D eigenvalue weighted by atomic mass is 9.94. The van der Waals surface area contributed by atoms with Crippen molar-refractivity contribution in [3.63, 3.8) is 0 Å². The molecule has 0 aliphatic heterocycles. The van der Waals surface area contributed by atoms with Gasteiger partial charge in [-0.15, -0.1) is 0 Å². The van der Waals surface area contributed by atoms with Gasteiger partial charge in [0.1, 0.15) is 6.04 Å². The molecule has 2 atom stereocenters. The number of carboxylic acids is 1. The molecule has 16 heavy (non-hydrogen) atoms. The van der Waals surface area contributed by atoms with Gasteiger partial charge in [0, 0.05) is 0 Å². The number of aromatic hydroxyl groups is 2. The summed E-state index contributed by atoms with van der Waals surface area (Å²) >= 11 is 0. The number of nitrogens with two attached hydrogens (primary N) is 1. The van der Waals surface area contributed by atoms with Crippen LogP contribution in [-0.2, 0) is 4.79 Å². The number of carboxylic acid groups (broad SMARTS) is 1. The van der Waals surface area contributed by atoms with Crippen LogP contribution in [0.5, 0.6) is 11.5 Å². The van der Waals surface area contributed by atoms with Gasteiger partial charge in [0.05, 0.1) is 0 Å². The van der Waals surface area contributed by atoms with Crippen molar-refractivity contribution in [2.24, 2.45) is 5.73 Å². The molecular weight excluding hydrogens is 210 g/mol. The van der Waals surface area contributed by atoms with Crippen molar-refractivity contribution >= 4 is 5.97 Å². The summed E-state index contributed by atoms with van der Waals surface area (Å²) in [6, 6.07) is 3.49. The van der Waals surface area contributed by atoms with Crippen LogP contribution in [0.3, 0.4) is 0 Å². The third kappa shape index (κ3) is 2.87. The molecule has 1 aromatic rings. The SMILES string of the molecule is CC(C[C@H](N)C(=O)O)c1ccc(O)c(O)c1. The second kappa shape index (κ2) is 4.85. The van der Waals surface area contributed by atoms with E-state index in [9.17, 15) is 9.90 Å². The van der Waals surface area contributed by atoms with E-state index in [1.165, 1.54) is 12.1 Å². The largest absolute Gasteiger partial charge is 0.504 e. The van der Waals surface area contributed by atoms with E-state index in [-0.39, 0.29) is 23.8 Å². The van der Waals surface area contributed by atoms with Gasteiger partial charge in [-0.05, 0) is 30.0 Å². The Labute approximate surface area is 93.1 Å². The lowest BCUT2D eigenvalue weighted by Gasteiger charge is -2.15. The van der Waals surface area contributed by atoms with Crippen LogP contribution in [0.15, 0.2) is 18.2 Å². The number of hydrogen-bond acceptors (Lipinski definition) is 4. The van der Waals surface area contributed by atoms with Gasteiger partial charge in [0.25, 0.3) is 0 Å². The zero-order chi connectivity index (χ0) is 12.3. The first-order chi connectivity index (χ1) is 7.41. The van der Waals surface area contributed by atoms with Crippen molar-refractivity contribution in [2.45, 2.75) is 25.3 Å². The van der Waals surface area contributed by atoms with Gasteiger partial charge < -0.3 is 21.1 Å². The van der Waals surface area contributed by atoms with E-state index >= 15 is 0 Å². The highest BCUT2D eigenvalue weighted by atomic mass is 16.4. The molecule has 0 spiro atoms. The van der Waals surface area contributed by atoms with Crippen LogP contribution in [0.25, 0.3) is 0 Å². The second-order valence-electron chi connectivity index (χ2n) is 3.83. The third-order valence-electron chi connectivity index (χ3n) is 2.49. The molecule has 0 fully saturated rings. The second-order valence-corrected chi connectivity index (χ2v) is 3.83. The van der Waals surface area contributed by atoms with Gasteiger partial charge in [-0.3, -0.25) is 4.79 Å². The smallest absolute Gasteiger partial charge is 0.320 e. The van der Waals surface area contributed by atoms with E-state index in [0.717, 1.165) is 5.56 Å². The topological polar surface area (TPSA) is 104 Å². The van der Waals surface area contributed by atoms with Crippen LogP contribution in [0, 0.1) is 0 Å². The molecular formula is C11H15NO4. The summed E-state index contributed by atoms with van der Waals surface area (Å²) in [5.41, 5.74) is 6.15. The summed E-state index contributed by atoms with van der Waals surface area (Å²) in [6.45, 7) is 1.81. The number of rotatable bonds is 4.